The van der Waals surface area contributed by atoms with Crippen molar-refractivity contribution in [2.24, 2.45) is 5.73 Å². The topological polar surface area (TPSA) is 38.5 Å². The van der Waals surface area contributed by atoms with Crippen molar-refractivity contribution in [3.63, 3.8) is 0 Å². The van der Waals surface area contributed by atoms with Gasteiger partial charge in [-0.05, 0) is 31.0 Å². The molecular weight excluding hydrogens is 236 g/mol. The van der Waals surface area contributed by atoms with E-state index in [1.807, 2.05) is 0 Å². The third-order valence-electron chi connectivity index (χ3n) is 3.82. The molecule has 0 fully saturated rings. The van der Waals surface area contributed by atoms with E-state index in [9.17, 15) is 0 Å². The molecule has 0 saturated heterocycles. The Morgan fingerprint density at radius 2 is 2.16 bits per heavy atom. The first-order chi connectivity index (χ1) is 9.36. The van der Waals surface area contributed by atoms with Crippen LogP contribution in [0.5, 0.6) is 0 Å². The summed E-state index contributed by atoms with van der Waals surface area (Å²) in [6, 6.07) is 8.71. The van der Waals surface area contributed by atoms with Crippen LogP contribution >= 0.6 is 0 Å². The quantitative estimate of drug-likeness (QED) is 0.732. The second-order valence-electron chi connectivity index (χ2n) is 5.25. The maximum Gasteiger partial charge on any atom is 0.0641 e. The third kappa shape index (κ3) is 3.71. The lowest BCUT2D eigenvalue weighted by atomic mass is 9.98. The Labute approximate surface area is 116 Å². The fraction of sp³-hybridized carbons (Fsp3) is 0.625. The summed E-state index contributed by atoms with van der Waals surface area (Å²) in [5.41, 5.74) is 8.56. The van der Waals surface area contributed by atoms with E-state index < -0.39 is 0 Å². The number of nitrogens with zero attached hydrogens (tertiary/aromatic N) is 1. The normalized spacial score (nSPS) is 17.8. The van der Waals surface area contributed by atoms with Crippen molar-refractivity contribution in [1.82, 2.24) is 0 Å². The molecule has 1 aliphatic rings. The van der Waals surface area contributed by atoms with Crippen LogP contribution in [0.4, 0.5) is 5.69 Å². The van der Waals surface area contributed by atoms with Gasteiger partial charge in [0.25, 0.3) is 0 Å². The average Bonchev–Trinajstić information content (AvgIpc) is 2.78. The van der Waals surface area contributed by atoms with E-state index in [0.29, 0.717) is 5.92 Å². The minimum Gasteiger partial charge on any atom is -0.380 e. The Morgan fingerprint density at radius 1 is 1.32 bits per heavy atom. The zero-order valence-electron chi connectivity index (χ0n) is 12.0. The molecule has 1 unspecified atom stereocenters. The van der Waals surface area contributed by atoms with Gasteiger partial charge in [-0.1, -0.05) is 31.5 Å². The summed E-state index contributed by atoms with van der Waals surface area (Å²) in [6.45, 7) is 6.74. The number of benzene rings is 1. The molecule has 1 atom stereocenters. The third-order valence-corrected chi connectivity index (χ3v) is 3.82. The maximum absolute atomic E-state index is 5.72. The Bertz CT molecular complexity index is 381. The molecular formula is C16H26N2O. The molecule has 1 aromatic rings. The molecule has 3 nitrogen and oxygen atoms in total. The summed E-state index contributed by atoms with van der Waals surface area (Å²) < 4.78 is 5.68. The summed E-state index contributed by atoms with van der Waals surface area (Å²) in [5, 5.41) is 0. The smallest absolute Gasteiger partial charge is 0.0641 e. The van der Waals surface area contributed by atoms with Crippen LogP contribution in [0.25, 0.3) is 0 Å². The molecule has 106 valence electrons. The minimum absolute atomic E-state index is 0.594. The SMILES string of the molecule is CCCCOCCN1CC(CCN)c2ccccc21. The van der Waals surface area contributed by atoms with Crippen LogP contribution in [0.15, 0.2) is 24.3 Å². The summed E-state index contributed by atoms with van der Waals surface area (Å²) >= 11 is 0. The number of fused-ring (bicyclic) bond motifs is 1. The highest BCUT2D eigenvalue weighted by molar-refractivity contribution is 5.60. The largest absolute Gasteiger partial charge is 0.380 e. The molecule has 0 bridgehead atoms. The van der Waals surface area contributed by atoms with Crippen LogP contribution in [0.2, 0.25) is 0 Å². The van der Waals surface area contributed by atoms with Crippen LogP contribution in [-0.4, -0.2) is 32.8 Å². The molecule has 0 saturated carbocycles. The molecule has 0 amide bonds. The number of para-hydroxylation sites is 1. The van der Waals surface area contributed by atoms with E-state index in [0.717, 1.165) is 45.7 Å². The zero-order valence-corrected chi connectivity index (χ0v) is 12.0. The van der Waals surface area contributed by atoms with Crippen LogP contribution in [0, 0.1) is 0 Å². The lowest BCUT2D eigenvalue weighted by Crippen LogP contribution is -2.27. The van der Waals surface area contributed by atoms with E-state index in [4.69, 9.17) is 10.5 Å². The molecule has 3 heteroatoms. The Balaban J connectivity index is 1.88. The molecule has 2 rings (SSSR count). The molecule has 1 aliphatic heterocycles. The summed E-state index contributed by atoms with van der Waals surface area (Å²) in [5.74, 6) is 0.594. The van der Waals surface area contributed by atoms with Gasteiger partial charge in [0, 0.05) is 31.3 Å². The standard InChI is InChI=1S/C16H26N2O/c1-2-3-11-19-12-10-18-13-14(8-9-17)15-6-4-5-7-16(15)18/h4-7,14H,2-3,8-13,17H2,1H3. The van der Waals surface area contributed by atoms with Crippen LogP contribution in [0.3, 0.4) is 0 Å². The van der Waals surface area contributed by atoms with Gasteiger partial charge in [0.2, 0.25) is 0 Å². The average molecular weight is 262 g/mol. The van der Waals surface area contributed by atoms with Gasteiger partial charge in [-0.3, -0.25) is 0 Å². The van der Waals surface area contributed by atoms with Crippen molar-refractivity contribution >= 4 is 5.69 Å². The van der Waals surface area contributed by atoms with Crippen LogP contribution < -0.4 is 10.6 Å². The zero-order chi connectivity index (χ0) is 13.5. The number of ether oxygens (including phenoxy) is 1. The molecule has 1 aromatic carbocycles. The second-order valence-corrected chi connectivity index (χ2v) is 5.25. The van der Waals surface area contributed by atoms with Crippen molar-refractivity contribution in [3.05, 3.63) is 29.8 Å². The van der Waals surface area contributed by atoms with E-state index in [1.165, 1.54) is 17.7 Å². The van der Waals surface area contributed by atoms with E-state index >= 15 is 0 Å². The predicted molar refractivity (Wildman–Crippen MR) is 80.8 cm³/mol. The Hall–Kier alpha value is -1.06. The van der Waals surface area contributed by atoms with Gasteiger partial charge in [0.15, 0.2) is 0 Å². The first kappa shape index (κ1) is 14.4. The molecule has 2 N–H and O–H groups in total. The molecule has 0 radical (unpaired) electrons. The van der Waals surface area contributed by atoms with Gasteiger partial charge >= 0.3 is 0 Å². The van der Waals surface area contributed by atoms with Crippen LogP contribution in [-0.2, 0) is 4.74 Å². The monoisotopic (exact) mass is 262 g/mol. The fourth-order valence-electron chi connectivity index (χ4n) is 2.77. The summed E-state index contributed by atoms with van der Waals surface area (Å²) in [7, 11) is 0. The molecule has 0 spiro atoms. The number of hydrogen-bond acceptors (Lipinski definition) is 3. The highest BCUT2D eigenvalue weighted by atomic mass is 16.5. The fourth-order valence-corrected chi connectivity index (χ4v) is 2.77. The lowest BCUT2D eigenvalue weighted by Gasteiger charge is -2.19. The summed E-state index contributed by atoms with van der Waals surface area (Å²) in [4.78, 5) is 2.45. The number of anilines is 1. The van der Waals surface area contributed by atoms with E-state index in [2.05, 4.69) is 36.1 Å². The van der Waals surface area contributed by atoms with Crippen molar-refractivity contribution in [1.29, 1.82) is 0 Å². The number of unbranched alkanes of at least 4 members (excludes halogenated alkanes) is 1. The highest BCUT2D eigenvalue weighted by Crippen LogP contribution is 2.37. The Morgan fingerprint density at radius 3 is 2.95 bits per heavy atom. The van der Waals surface area contributed by atoms with Crippen molar-refractivity contribution in [3.8, 4) is 0 Å². The van der Waals surface area contributed by atoms with Crippen molar-refractivity contribution < 1.29 is 4.74 Å². The first-order valence-electron chi connectivity index (χ1n) is 7.48. The number of nitrogens with two attached hydrogens (primary N) is 1. The van der Waals surface area contributed by atoms with Gasteiger partial charge in [0.1, 0.15) is 0 Å². The van der Waals surface area contributed by atoms with Gasteiger partial charge in [0.05, 0.1) is 6.61 Å². The number of rotatable bonds is 8. The van der Waals surface area contributed by atoms with Crippen molar-refractivity contribution in [2.75, 3.05) is 37.7 Å². The predicted octanol–water partition coefficient (Wildman–Crippen LogP) is 2.76. The van der Waals surface area contributed by atoms with Gasteiger partial charge in [-0.2, -0.15) is 0 Å². The second kappa shape index (κ2) is 7.51. The first-order valence-corrected chi connectivity index (χ1v) is 7.48. The molecule has 19 heavy (non-hydrogen) atoms. The van der Waals surface area contributed by atoms with Gasteiger partial charge < -0.3 is 15.4 Å². The van der Waals surface area contributed by atoms with Crippen LogP contribution in [0.1, 0.15) is 37.7 Å². The van der Waals surface area contributed by atoms with E-state index in [1.54, 1.807) is 0 Å². The van der Waals surface area contributed by atoms with E-state index in [-0.39, 0.29) is 0 Å². The van der Waals surface area contributed by atoms with Gasteiger partial charge in [-0.25, -0.2) is 0 Å². The molecule has 1 heterocycles. The maximum atomic E-state index is 5.72. The number of hydrogen-bond donors (Lipinski definition) is 1. The minimum atomic E-state index is 0.594. The Kier molecular flexibility index (Phi) is 5.67. The summed E-state index contributed by atoms with van der Waals surface area (Å²) in [6.07, 6.45) is 3.43. The highest BCUT2D eigenvalue weighted by Gasteiger charge is 2.26. The van der Waals surface area contributed by atoms with Gasteiger partial charge in [-0.15, -0.1) is 0 Å². The lowest BCUT2D eigenvalue weighted by molar-refractivity contribution is 0.137. The van der Waals surface area contributed by atoms with Crippen molar-refractivity contribution in [2.45, 2.75) is 32.1 Å². The molecule has 0 aliphatic carbocycles. The molecule has 0 aromatic heterocycles.